The van der Waals surface area contributed by atoms with E-state index in [0.29, 0.717) is 16.1 Å². The fourth-order valence-electron chi connectivity index (χ4n) is 3.09. The van der Waals surface area contributed by atoms with Crippen molar-refractivity contribution in [1.82, 2.24) is 14.9 Å². The number of hydrogen-bond acceptors (Lipinski definition) is 4. The summed E-state index contributed by atoms with van der Waals surface area (Å²) in [6.45, 7) is 0. The van der Waals surface area contributed by atoms with Gasteiger partial charge in [0.15, 0.2) is 5.16 Å². The number of aromatic nitrogens is 2. The number of nitrogens with one attached hydrogen (secondary N) is 1. The van der Waals surface area contributed by atoms with E-state index in [-0.39, 0.29) is 23.3 Å². The second-order valence-corrected chi connectivity index (χ2v) is 6.78. The Hall–Kier alpha value is -1.82. The minimum absolute atomic E-state index is 0.0157. The Kier molecular flexibility index (Phi) is 5.00. The van der Waals surface area contributed by atoms with Gasteiger partial charge in [0.25, 0.3) is 5.56 Å². The van der Waals surface area contributed by atoms with E-state index in [2.05, 4.69) is 10.3 Å². The molecule has 1 aromatic heterocycles. The van der Waals surface area contributed by atoms with E-state index in [9.17, 15) is 9.59 Å². The van der Waals surface area contributed by atoms with Gasteiger partial charge in [-0.2, -0.15) is 0 Å². The van der Waals surface area contributed by atoms with Crippen molar-refractivity contribution >= 4 is 28.6 Å². The zero-order valence-corrected chi connectivity index (χ0v) is 14.1. The van der Waals surface area contributed by atoms with Gasteiger partial charge in [-0.1, -0.05) is 43.2 Å². The highest BCUT2D eigenvalue weighted by atomic mass is 32.2. The first kappa shape index (κ1) is 16.1. The van der Waals surface area contributed by atoms with Gasteiger partial charge in [0.05, 0.1) is 16.7 Å². The molecule has 0 bridgehead atoms. The van der Waals surface area contributed by atoms with Crippen molar-refractivity contribution in [2.45, 2.75) is 43.3 Å². The summed E-state index contributed by atoms with van der Waals surface area (Å²) in [5.41, 5.74) is 0.714. The van der Waals surface area contributed by atoms with Gasteiger partial charge in [0.1, 0.15) is 0 Å². The Morgan fingerprint density at radius 3 is 2.78 bits per heavy atom. The van der Waals surface area contributed by atoms with Crippen LogP contribution in [0.5, 0.6) is 0 Å². The molecule has 0 saturated heterocycles. The van der Waals surface area contributed by atoms with Gasteiger partial charge in [-0.15, -0.1) is 0 Å². The summed E-state index contributed by atoms with van der Waals surface area (Å²) in [6, 6.07) is 7.63. The van der Waals surface area contributed by atoms with Gasteiger partial charge in [-0.25, -0.2) is 4.98 Å². The van der Waals surface area contributed by atoms with Crippen molar-refractivity contribution in [1.29, 1.82) is 0 Å². The highest BCUT2D eigenvalue weighted by Crippen LogP contribution is 2.30. The van der Waals surface area contributed by atoms with E-state index in [0.717, 1.165) is 25.7 Å². The summed E-state index contributed by atoms with van der Waals surface area (Å²) in [7, 11) is 1.62. The van der Waals surface area contributed by atoms with E-state index >= 15 is 0 Å². The summed E-state index contributed by atoms with van der Waals surface area (Å²) >= 11 is 1.34. The average Bonchev–Trinajstić information content (AvgIpc) is 2.60. The van der Waals surface area contributed by atoms with Crippen LogP contribution >= 0.6 is 11.8 Å². The predicted molar refractivity (Wildman–Crippen MR) is 92.9 cm³/mol. The van der Waals surface area contributed by atoms with Crippen molar-refractivity contribution < 1.29 is 4.79 Å². The fourth-order valence-corrected chi connectivity index (χ4v) is 4.03. The molecule has 1 fully saturated rings. The van der Waals surface area contributed by atoms with Crippen molar-refractivity contribution in [3.8, 4) is 0 Å². The van der Waals surface area contributed by atoms with Crippen molar-refractivity contribution in [2.24, 2.45) is 0 Å². The zero-order valence-electron chi connectivity index (χ0n) is 13.2. The third kappa shape index (κ3) is 3.42. The molecule has 5 nitrogen and oxygen atoms in total. The number of thioether (sulfide) groups is 1. The summed E-state index contributed by atoms with van der Waals surface area (Å²) in [6.07, 6.45) is 5.53. The minimum atomic E-state index is -0.0624. The van der Waals surface area contributed by atoms with Gasteiger partial charge in [0, 0.05) is 13.1 Å². The first-order valence-electron chi connectivity index (χ1n) is 8.05. The van der Waals surface area contributed by atoms with Crippen LogP contribution in [0.25, 0.3) is 10.9 Å². The number of rotatable bonds is 4. The lowest BCUT2D eigenvalue weighted by molar-refractivity contribution is -0.118. The number of hydrogen-bond donors (Lipinski definition) is 1. The van der Waals surface area contributed by atoms with Crippen LogP contribution in [0.4, 0.5) is 0 Å². The molecule has 6 heteroatoms. The Balaban J connectivity index is 2.06. The van der Waals surface area contributed by atoms with Crippen LogP contribution < -0.4 is 10.9 Å². The largest absolute Gasteiger partial charge is 0.358 e. The van der Waals surface area contributed by atoms with E-state index in [4.69, 9.17) is 0 Å². The van der Waals surface area contributed by atoms with E-state index in [1.807, 2.05) is 28.8 Å². The molecule has 3 rings (SSSR count). The normalized spacial score (nSPS) is 15.7. The Morgan fingerprint density at radius 2 is 2.04 bits per heavy atom. The lowest BCUT2D eigenvalue weighted by Crippen LogP contribution is -2.29. The minimum Gasteiger partial charge on any atom is -0.358 e. The average molecular weight is 331 g/mol. The Morgan fingerprint density at radius 1 is 1.30 bits per heavy atom. The SMILES string of the molecule is CNC(=O)CSc1nc2ccccc2c(=O)n1C1CCCCC1. The van der Waals surface area contributed by atoms with Crippen molar-refractivity contribution in [2.75, 3.05) is 12.8 Å². The van der Waals surface area contributed by atoms with Crippen LogP contribution in [-0.2, 0) is 4.79 Å². The number of benzene rings is 1. The van der Waals surface area contributed by atoms with Crippen LogP contribution in [0.15, 0.2) is 34.2 Å². The second kappa shape index (κ2) is 7.17. The number of para-hydroxylation sites is 1. The third-order valence-corrected chi connectivity index (χ3v) is 5.28. The first-order valence-corrected chi connectivity index (χ1v) is 9.04. The summed E-state index contributed by atoms with van der Waals surface area (Å²) < 4.78 is 1.83. The summed E-state index contributed by atoms with van der Waals surface area (Å²) in [5.74, 6) is 0.209. The maximum absolute atomic E-state index is 13.0. The molecule has 0 atom stereocenters. The Bertz CT molecular complexity index is 766. The number of carbonyl (C=O) groups excluding carboxylic acids is 1. The molecular formula is C17H21N3O2S. The number of nitrogens with zero attached hydrogens (tertiary/aromatic N) is 2. The van der Waals surface area contributed by atoms with Gasteiger partial charge in [-0.05, 0) is 25.0 Å². The highest BCUT2D eigenvalue weighted by molar-refractivity contribution is 7.99. The molecule has 23 heavy (non-hydrogen) atoms. The molecule has 0 aliphatic heterocycles. The molecule has 0 radical (unpaired) electrons. The van der Waals surface area contributed by atoms with Crippen LogP contribution in [-0.4, -0.2) is 28.3 Å². The number of amides is 1. The Labute approximate surface area is 139 Å². The van der Waals surface area contributed by atoms with Crippen LogP contribution in [0.2, 0.25) is 0 Å². The molecule has 1 aromatic carbocycles. The monoisotopic (exact) mass is 331 g/mol. The van der Waals surface area contributed by atoms with Crippen molar-refractivity contribution in [3.63, 3.8) is 0 Å². The fraction of sp³-hybridized carbons (Fsp3) is 0.471. The van der Waals surface area contributed by atoms with Crippen LogP contribution in [0, 0.1) is 0 Å². The molecule has 0 unspecified atom stereocenters. The molecule has 1 heterocycles. The predicted octanol–water partition coefficient (Wildman–Crippen LogP) is 2.74. The molecule has 122 valence electrons. The highest BCUT2D eigenvalue weighted by Gasteiger charge is 2.22. The lowest BCUT2D eigenvalue weighted by Gasteiger charge is -2.26. The van der Waals surface area contributed by atoms with Crippen LogP contribution in [0.1, 0.15) is 38.1 Å². The smallest absolute Gasteiger partial charge is 0.262 e. The molecule has 1 N–H and O–H groups in total. The summed E-state index contributed by atoms with van der Waals surface area (Å²) in [5, 5.41) is 3.92. The maximum atomic E-state index is 13.0. The number of fused-ring (bicyclic) bond motifs is 1. The third-order valence-electron chi connectivity index (χ3n) is 4.33. The van der Waals surface area contributed by atoms with Gasteiger partial charge >= 0.3 is 0 Å². The number of carbonyl (C=O) groups is 1. The standard InChI is InChI=1S/C17H21N3O2S/c1-18-15(21)11-23-17-19-14-10-6-5-9-13(14)16(22)20(17)12-7-3-2-4-8-12/h5-6,9-10,12H,2-4,7-8,11H2,1H3,(H,18,21). The quantitative estimate of drug-likeness (QED) is 0.691. The molecule has 0 spiro atoms. The lowest BCUT2D eigenvalue weighted by atomic mass is 9.95. The van der Waals surface area contributed by atoms with Gasteiger partial charge in [0.2, 0.25) is 5.91 Å². The molecular weight excluding hydrogens is 310 g/mol. The van der Waals surface area contributed by atoms with Gasteiger partial charge in [-0.3, -0.25) is 14.2 Å². The van der Waals surface area contributed by atoms with E-state index in [1.165, 1.54) is 18.2 Å². The van der Waals surface area contributed by atoms with E-state index < -0.39 is 0 Å². The first-order chi connectivity index (χ1) is 11.2. The topological polar surface area (TPSA) is 64.0 Å². The molecule has 1 aliphatic carbocycles. The maximum Gasteiger partial charge on any atom is 0.262 e. The van der Waals surface area contributed by atoms with E-state index in [1.54, 1.807) is 7.05 Å². The summed E-state index contributed by atoms with van der Waals surface area (Å²) in [4.78, 5) is 29.2. The van der Waals surface area contributed by atoms with Gasteiger partial charge < -0.3 is 5.32 Å². The zero-order chi connectivity index (χ0) is 16.2. The molecule has 1 amide bonds. The molecule has 1 aliphatic rings. The molecule has 1 saturated carbocycles. The molecule has 2 aromatic rings. The van der Waals surface area contributed by atoms with Crippen molar-refractivity contribution in [3.05, 3.63) is 34.6 Å². The second-order valence-electron chi connectivity index (χ2n) is 5.84. The van der Waals surface area contributed by atoms with Crippen LogP contribution in [0.3, 0.4) is 0 Å².